The van der Waals surface area contributed by atoms with Gasteiger partial charge in [0.1, 0.15) is 5.75 Å². The van der Waals surface area contributed by atoms with Gasteiger partial charge in [0.2, 0.25) is 11.7 Å². The third-order valence-electron chi connectivity index (χ3n) is 2.63. The normalized spacial score (nSPS) is 10.2. The Kier molecular flexibility index (Phi) is 3.84. The second-order valence-corrected chi connectivity index (χ2v) is 4.29. The van der Waals surface area contributed by atoms with Gasteiger partial charge in [0.25, 0.3) is 0 Å². The predicted molar refractivity (Wildman–Crippen MR) is 73.8 cm³/mol. The minimum Gasteiger partial charge on any atom is -0.463 e. The third-order valence-corrected chi connectivity index (χ3v) is 2.63. The molecule has 2 N–H and O–H groups in total. The van der Waals surface area contributed by atoms with Gasteiger partial charge in [-0.3, -0.25) is 0 Å². The Labute approximate surface area is 116 Å². The van der Waals surface area contributed by atoms with Crippen LogP contribution in [0.2, 0.25) is 0 Å². The van der Waals surface area contributed by atoms with Crippen molar-refractivity contribution in [3.8, 4) is 11.6 Å². The molecular formula is C14H15N3O3. The molecule has 1 aromatic carbocycles. The van der Waals surface area contributed by atoms with Crippen LogP contribution >= 0.6 is 0 Å². The van der Waals surface area contributed by atoms with E-state index in [1.165, 1.54) is 7.11 Å². The van der Waals surface area contributed by atoms with E-state index in [-0.39, 0.29) is 11.7 Å². The van der Waals surface area contributed by atoms with Gasteiger partial charge in [-0.05, 0) is 25.5 Å². The molecule has 0 amide bonds. The molecule has 0 saturated heterocycles. The molecule has 1 heterocycles. The van der Waals surface area contributed by atoms with Gasteiger partial charge < -0.3 is 15.2 Å². The fourth-order valence-electron chi connectivity index (χ4n) is 1.61. The van der Waals surface area contributed by atoms with Gasteiger partial charge in [-0.25, -0.2) is 9.78 Å². The molecule has 2 aromatic rings. The number of nitrogens with two attached hydrogens (primary N) is 1. The molecule has 0 aliphatic heterocycles. The van der Waals surface area contributed by atoms with Gasteiger partial charge in [0, 0.05) is 23.5 Å². The zero-order valence-corrected chi connectivity index (χ0v) is 11.5. The number of ether oxygens (including phenoxy) is 2. The Bertz CT molecular complexity index is 656. The molecule has 20 heavy (non-hydrogen) atoms. The summed E-state index contributed by atoms with van der Waals surface area (Å²) in [7, 11) is 1.27. The number of benzene rings is 1. The van der Waals surface area contributed by atoms with E-state index in [1.54, 1.807) is 25.1 Å². The number of aromatic nitrogens is 2. The maximum Gasteiger partial charge on any atom is 0.376 e. The van der Waals surface area contributed by atoms with E-state index in [0.29, 0.717) is 17.1 Å². The van der Waals surface area contributed by atoms with Crippen LogP contribution in [0.1, 0.15) is 21.9 Å². The highest BCUT2D eigenvalue weighted by Gasteiger charge is 2.13. The molecule has 0 radical (unpaired) electrons. The third kappa shape index (κ3) is 3.03. The minimum absolute atomic E-state index is 0.0379. The summed E-state index contributed by atoms with van der Waals surface area (Å²) in [6.07, 6.45) is 0. The molecule has 0 aliphatic rings. The molecule has 0 unspecified atom stereocenters. The van der Waals surface area contributed by atoms with Crippen molar-refractivity contribution in [1.29, 1.82) is 0 Å². The number of nitrogen functional groups attached to an aromatic ring is 1. The Morgan fingerprint density at radius 2 is 1.95 bits per heavy atom. The van der Waals surface area contributed by atoms with Gasteiger partial charge in [0.15, 0.2) is 0 Å². The molecular weight excluding hydrogens is 258 g/mol. The van der Waals surface area contributed by atoms with Crippen LogP contribution in [0.25, 0.3) is 0 Å². The Morgan fingerprint density at radius 1 is 1.20 bits per heavy atom. The first kappa shape index (κ1) is 13.8. The monoisotopic (exact) mass is 273 g/mol. The van der Waals surface area contributed by atoms with Crippen molar-refractivity contribution in [3.05, 3.63) is 41.3 Å². The number of rotatable bonds is 3. The average Bonchev–Trinajstić information content (AvgIpc) is 2.41. The summed E-state index contributed by atoms with van der Waals surface area (Å²) in [5.41, 5.74) is 7.83. The van der Waals surface area contributed by atoms with Gasteiger partial charge in [-0.15, -0.1) is 0 Å². The fourth-order valence-corrected chi connectivity index (χ4v) is 1.61. The van der Waals surface area contributed by atoms with E-state index >= 15 is 0 Å². The van der Waals surface area contributed by atoms with E-state index in [0.717, 1.165) is 5.56 Å². The van der Waals surface area contributed by atoms with Crippen molar-refractivity contribution in [2.24, 2.45) is 0 Å². The molecule has 0 aliphatic carbocycles. The summed E-state index contributed by atoms with van der Waals surface area (Å²) < 4.78 is 10.3. The first-order valence-corrected chi connectivity index (χ1v) is 5.97. The molecule has 0 atom stereocenters. The van der Waals surface area contributed by atoms with E-state index in [4.69, 9.17) is 10.5 Å². The number of carbonyl (C=O) groups excluding carboxylic acids is 1. The van der Waals surface area contributed by atoms with Crippen molar-refractivity contribution < 1.29 is 14.3 Å². The zero-order chi connectivity index (χ0) is 14.7. The number of carbonyl (C=O) groups is 1. The smallest absolute Gasteiger partial charge is 0.376 e. The Morgan fingerprint density at radius 3 is 2.65 bits per heavy atom. The number of anilines is 1. The number of nitrogens with zero attached hydrogens (tertiary/aromatic N) is 2. The number of methoxy groups -OCH3 is 1. The van der Waals surface area contributed by atoms with Crippen molar-refractivity contribution in [2.45, 2.75) is 13.8 Å². The second kappa shape index (κ2) is 5.56. The molecule has 0 saturated carbocycles. The summed E-state index contributed by atoms with van der Waals surface area (Å²) in [6.45, 7) is 3.64. The highest BCUT2D eigenvalue weighted by Crippen LogP contribution is 2.26. The van der Waals surface area contributed by atoms with Crippen LogP contribution < -0.4 is 10.5 Å². The quantitative estimate of drug-likeness (QED) is 0.681. The molecule has 104 valence electrons. The van der Waals surface area contributed by atoms with Crippen molar-refractivity contribution >= 4 is 11.7 Å². The number of hydrogen-bond acceptors (Lipinski definition) is 6. The van der Waals surface area contributed by atoms with Crippen LogP contribution in [0.4, 0.5) is 5.69 Å². The summed E-state index contributed by atoms with van der Waals surface area (Å²) in [6, 6.07) is 6.97. The van der Waals surface area contributed by atoms with Crippen LogP contribution in [0.5, 0.6) is 11.6 Å². The predicted octanol–water partition coefficient (Wildman–Crippen LogP) is 2.25. The van der Waals surface area contributed by atoms with Gasteiger partial charge >= 0.3 is 5.97 Å². The van der Waals surface area contributed by atoms with Gasteiger partial charge in [-0.2, -0.15) is 4.98 Å². The highest BCUT2D eigenvalue weighted by molar-refractivity contribution is 5.85. The summed E-state index contributed by atoms with van der Waals surface area (Å²) in [5, 5.41) is 0. The molecule has 1 aromatic heterocycles. The second-order valence-electron chi connectivity index (χ2n) is 4.29. The Balaban J connectivity index is 2.36. The number of esters is 1. The van der Waals surface area contributed by atoms with Crippen LogP contribution in [-0.2, 0) is 4.74 Å². The van der Waals surface area contributed by atoms with Crippen molar-refractivity contribution in [3.63, 3.8) is 0 Å². The molecule has 0 bridgehead atoms. The SMILES string of the molecule is COC(=O)c1nc(C)cc(Oc2cc(N)ccc2C)n1. The molecule has 0 spiro atoms. The number of aryl methyl sites for hydroxylation is 2. The van der Waals surface area contributed by atoms with Gasteiger partial charge in [0.05, 0.1) is 7.11 Å². The van der Waals surface area contributed by atoms with Crippen LogP contribution in [0.15, 0.2) is 24.3 Å². The molecule has 2 rings (SSSR count). The minimum atomic E-state index is -0.608. The van der Waals surface area contributed by atoms with Crippen molar-refractivity contribution in [2.75, 3.05) is 12.8 Å². The lowest BCUT2D eigenvalue weighted by atomic mass is 10.2. The standard InChI is InChI=1S/C14H15N3O3/c1-8-4-5-10(15)7-11(8)20-12-6-9(2)16-13(17-12)14(18)19-3/h4-7H,15H2,1-3H3. The van der Waals surface area contributed by atoms with Gasteiger partial charge in [-0.1, -0.05) is 6.07 Å². The van der Waals surface area contributed by atoms with E-state index in [2.05, 4.69) is 14.7 Å². The summed E-state index contributed by atoms with van der Waals surface area (Å²) >= 11 is 0. The molecule has 6 nitrogen and oxygen atoms in total. The summed E-state index contributed by atoms with van der Waals surface area (Å²) in [5.74, 6) is 0.206. The van der Waals surface area contributed by atoms with E-state index in [1.807, 2.05) is 13.0 Å². The topological polar surface area (TPSA) is 87.3 Å². The summed E-state index contributed by atoms with van der Waals surface area (Å²) in [4.78, 5) is 19.5. The lowest BCUT2D eigenvalue weighted by Crippen LogP contribution is -2.09. The lowest BCUT2D eigenvalue weighted by Gasteiger charge is -2.09. The molecule has 6 heteroatoms. The van der Waals surface area contributed by atoms with Crippen LogP contribution in [0.3, 0.4) is 0 Å². The lowest BCUT2D eigenvalue weighted by molar-refractivity contribution is 0.0585. The molecule has 0 fully saturated rings. The first-order valence-electron chi connectivity index (χ1n) is 5.97. The first-order chi connectivity index (χ1) is 9.49. The maximum absolute atomic E-state index is 11.5. The van der Waals surface area contributed by atoms with Crippen LogP contribution in [-0.4, -0.2) is 23.0 Å². The van der Waals surface area contributed by atoms with E-state index < -0.39 is 5.97 Å². The number of hydrogen-bond donors (Lipinski definition) is 1. The average molecular weight is 273 g/mol. The Hall–Kier alpha value is -2.63. The highest BCUT2D eigenvalue weighted by atomic mass is 16.5. The fraction of sp³-hybridized carbons (Fsp3) is 0.214. The zero-order valence-electron chi connectivity index (χ0n) is 11.5. The van der Waals surface area contributed by atoms with Crippen molar-refractivity contribution in [1.82, 2.24) is 9.97 Å². The largest absolute Gasteiger partial charge is 0.463 e. The maximum atomic E-state index is 11.5. The van der Waals surface area contributed by atoms with E-state index in [9.17, 15) is 4.79 Å². The van der Waals surface area contributed by atoms with Crippen LogP contribution in [0, 0.1) is 13.8 Å².